The van der Waals surface area contributed by atoms with Gasteiger partial charge < -0.3 is 26.1 Å². The topological polar surface area (TPSA) is 130 Å². The molecule has 0 heterocycles. The van der Waals surface area contributed by atoms with E-state index in [2.05, 4.69) is 0 Å². The van der Waals surface area contributed by atoms with E-state index in [1.165, 1.54) is 0 Å². The lowest BCUT2D eigenvalue weighted by Crippen LogP contribution is -1.86. The molecule has 0 fully saturated rings. The Morgan fingerprint density at radius 3 is 1.23 bits per heavy atom. The monoisotopic (exact) mass is 206 g/mol. The molecule has 0 saturated heterocycles. The Labute approximate surface area is 75.0 Å². The fourth-order valence-corrected chi connectivity index (χ4v) is 0.496. The van der Waals surface area contributed by atoms with Crippen molar-refractivity contribution < 1.29 is 19.2 Å². The highest BCUT2D eigenvalue weighted by Crippen LogP contribution is 2.25. The smallest absolute Gasteiger partial charge is 0.399 e. The lowest BCUT2D eigenvalue weighted by atomic mass is 10.3. The first-order chi connectivity index (χ1) is 5.79. The van der Waals surface area contributed by atoms with Gasteiger partial charge in [-0.1, -0.05) is 0 Å². The summed E-state index contributed by atoms with van der Waals surface area (Å²) in [4.78, 5) is 21.6. The third-order valence-corrected chi connectivity index (χ3v) is 0.936. The van der Waals surface area contributed by atoms with Gasteiger partial charge in [0.25, 0.3) is 0 Å². The van der Waals surface area contributed by atoms with Crippen LogP contribution in [0.4, 0.5) is 11.4 Å². The number of nitrogens with two attached hydrogens (primary N) is 2. The summed E-state index contributed by atoms with van der Waals surface area (Å²) in [7, 11) is -4.64. The zero-order valence-electron chi connectivity index (χ0n) is 6.66. The largest absolute Gasteiger partial charge is 0.466 e. The summed E-state index contributed by atoms with van der Waals surface area (Å²) >= 11 is 0. The van der Waals surface area contributed by atoms with Gasteiger partial charge in [0.15, 0.2) is 0 Å². The Kier molecular flexibility index (Phi) is 4.44. The van der Waals surface area contributed by atoms with E-state index in [0.29, 0.717) is 0 Å². The Bertz CT molecular complexity index is 265. The van der Waals surface area contributed by atoms with E-state index in [0.717, 1.165) is 11.4 Å². The van der Waals surface area contributed by atoms with Crippen LogP contribution in [0.25, 0.3) is 0 Å². The molecule has 0 amide bonds. The highest BCUT2D eigenvalue weighted by atomic mass is 31.2. The third kappa shape index (κ3) is 10.9. The van der Waals surface area contributed by atoms with E-state index < -0.39 is 7.82 Å². The van der Waals surface area contributed by atoms with E-state index in [1.54, 1.807) is 24.3 Å². The van der Waals surface area contributed by atoms with Crippen molar-refractivity contribution in [3.05, 3.63) is 24.3 Å². The molecule has 7 N–H and O–H groups in total. The third-order valence-electron chi connectivity index (χ3n) is 0.936. The molecule has 74 valence electrons. The van der Waals surface area contributed by atoms with Gasteiger partial charge in [-0.05, 0) is 24.3 Å². The minimum absolute atomic E-state index is 0.749. The number of anilines is 2. The molecular formula is C6H11N2O4P. The van der Waals surface area contributed by atoms with Crippen LogP contribution in [0, 0.1) is 0 Å². The Morgan fingerprint density at radius 1 is 0.923 bits per heavy atom. The van der Waals surface area contributed by atoms with Crippen molar-refractivity contribution in [3.63, 3.8) is 0 Å². The van der Waals surface area contributed by atoms with Crippen molar-refractivity contribution in [2.24, 2.45) is 0 Å². The average Bonchev–Trinajstić information content (AvgIpc) is 1.92. The average molecular weight is 206 g/mol. The Hall–Kier alpha value is -1.07. The summed E-state index contributed by atoms with van der Waals surface area (Å²) in [6.45, 7) is 0. The second-order valence-electron chi connectivity index (χ2n) is 2.18. The molecule has 0 radical (unpaired) electrons. The minimum atomic E-state index is -4.64. The summed E-state index contributed by atoms with van der Waals surface area (Å²) in [5.41, 5.74) is 12.2. The summed E-state index contributed by atoms with van der Waals surface area (Å²) < 4.78 is 8.88. The van der Waals surface area contributed by atoms with Gasteiger partial charge in [-0.15, -0.1) is 0 Å². The number of rotatable bonds is 0. The molecule has 0 unspecified atom stereocenters. The van der Waals surface area contributed by atoms with Gasteiger partial charge in [0.1, 0.15) is 0 Å². The van der Waals surface area contributed by atoms with Crippen molar-refractivity contribution in [1.29, 1.82) is 0 Å². The molecule has 1 aromatic rings. The normalized spacial score (nSPS) is 10.1. The molecule has 0 atom stereocenters. The number of hydrogen-bond donors (Lipinski definition) is 5. The number of hydrogen-bond acceptors (Lipinski definition) is 3. The lowest BCUT2D eigenvalue weighted by Gasteiger charge is -1.90. The molecule has 13 heavy (non-hydrogen) atoms. The van der Waals surface area contributed by atoms with Gasteiger partial charge in [-0.2, -0.15) is 0 Å². The fraction of sp³-hybridized carbons (Fsp3) is 0. The summed E-state index contributed by atoms with van der Waals surface area (Å²) in [5.74, 6) is 0. The van der Waals surface area contributed by atoms with Gasteiger partial charge in [-0.25, -0.2) is 4.57 Å². The van der Waals surface area contributed by atoms with Gasteiger partial charge in [0.05, 0.1) is 0 Å². The van der Waals surface area contributed by atoms with Crippen LogP contribution in [0.5, 0.6) is 0 Å². The maximum atomic E-state index is 8.88. The summed E-state index contributed by atoms with van der Waals surface area (Å²) in [5, 5.41) is 0. The van der Waals surface area contributed by atoms with E-state index >= 15 is 0 Å². The molecule has 0 bridgehead atoms. The molecule has 0 spiro atoms. The second kappa shape index (κ2) is 4.84. The molecule has 0 aromatic heterocycles. The Balaban J connectivity index is 0.000000252. The predicted molar refractivity (Wildman–Crippen MR) is 49.5 cm³/mol. The van der Waals surface area contributed by atoms with Gasteiger partial charge in [-0.3, -0.25) is 0 Å². The highest BCUT2D eigenvalue weighted by Gasteiger charge is 2.00. The van der Waals surface area contributed by atoms with E-state index in [-0.39, 0.29) is 0 Å². The first kappa shape index (κ1) is 11.9. The van der Waals surface area contributed by atoms with E-state index in [9.17, 15) is 0 Å². The van der Waals surface area contributed by atoms with Crippen molar-refractivity contribution in [3.8, 4) is 0 Å². The zero-order valence-corrected chi connectivity index (χ0v) is 7.56. The number of phosphoric acid groups is 1. The van der Waals surface area contributed by atoms with Crippen LogP contribution >= 0.6 is 7.82 Å². The molecule has 0 aliphatic heterocycles. The Morgan fingerprint density at radius 2 is 1.08 bits per heavy atom. The van der Waals surface area contributed by atoms with Crippen LogP contribution in [0.1, 0.15) is 0 Å². The molecule has 6 nitrogen and oxygen atoms in total. The van der Waals surface area contributed by atoms with E-state index in [1.807, 2.05) is 0 Å². The molecule has 0 aliphatic carbocycles. The predicted octanol–water partition coefficient (Wildman–Crippen LogP) is -0.0776. The van der Waals surface area contributed by atoms with Gasteiger partial charge in [0.2, 0.25) is 0 Å². The maximum absolute atomic E-state index is 8.88. The molecular weight excluding hydrogens is 195 g/mol. The minimum Gasteiger partial charge on any atom is -0.399 e. The fourth-order valence-electron chi connectivity index (χ4n) is 0.496. The second-order valence-corrected chi connectivity index (χ2v) is 3.21. The van der Waals surface area contributed by atoms with Crippen molar-refractivity contribution >= 4 is 19.2 Å². The number of benzene rings is 1. The quantitative estimate of drug-likeness (QED) is 0.298. The molecule has 1 rings (SSSR count). The van der Waals surface area contributed by atoms with Crippen molar-refractivity contribution in [2.45, 2.75) is 0 Å². The number of nitrogen functional groups attached to an aromatic ring is 2. The van der Waals surface area contributed by atoms with Crippen LogP contribution in [-0.2, 0) is 4.57 Å². The lowest BCUT2D eigenvalue weighted by molar-refractivity contribution is 0.275. The van der Waals surface area contributed by atoms with Crippen LogP contribution < -0.4 is 11.5 Å². The molecule has 0 saturated carbocycles. The van der Waals surface area contributed by atoms with Crippen LogP contribution in [0.15, 0.2) is 24.3 Å². The summed E-state index contributed by atoms with van der Waals surface area (Å²) in [6, 6.07) is 7.09. The van der Waals surface area contributed by atoms with Crippen molar-refractivity contribution in [2.75, 3.05) is 11.5 Å². The highest BCUT2D eigenvalue weighted by molar-refractivity contribution is 7.45. The molecule has 0 aliphatic rings. The SMILES string of the molecule is Nc1ccc(N)cc1.O=P(O)(O)O. The van der Waals surface area contributed by atoms with Crippen molar-refractivity contribution in [1.82, 2.24) is 0 Å². The summed E-state index contributed by atoms with van der Waals surface area (Å²) in [6.07, 6.45) is 0. The van der Waals surface area contributed by atoms with Crippen LogP contribution in [0.3, 0.4) is 0 Å². The first-order valence-electron chi connectivity index (χ1n) is 3.18. The molecule has 7 heteroatoms. The first-order valence-corrected chi connectivity index (χ1v) is 4.75. The van der Waals surface area contributed by atoms with E-state index in [4.69, 9.17) is 30.7 Å². The maximum Gasteiger partial charge on any atom is 0.466 e. The van der Waals surface area contributed by atoms with Crippen LogP contribution in [-0.4, -0.2) is 14.7 Å². The van der Waals surface area contributed by atoms with Gasteiger partial charge >= 0.3 is 7.82 Å². The zero-order chi connectivity index (χ0) is 10.5. The molecule has 1 aromatic carbocycles. The van der Waals surface area contributed by atoms with Gasteiger partial charge in [0, 0.05) is 11.4 Å². The van der Waals surface area contributed by atoms with Crippen LogP contribution in [0.2, 0.25) is 0 Å². The standard InChI is InChI=1S/C6H8N2.H3O4P/c7-5-1-2-6(8)4-3-5;1-5(2,3)4/h1-4H,7-8H2;(H3,1,2,3,4).